The van der Waals surface area contributed by atoms with Gasteiger partial charge in [-0.1, -0.05) is 22.5 Å². The molecule has 6 heteroatoms. The van der Waals surface area contributed by atoms with E-state index >= 15 is 0 Å². The van der Waals surface area contributed by atoms with Crippen LogP contribution in [0.2, 0.25) is 0 Å². The molecule has 1 aliphatic heterocycles. The molecular formula is C14H22BrN5. The minimum atomic E-state index is 0.541. The van der Waals surface area contributed by atoms with Crippen molar-refractivity contribution in [2.75, 3.05) is 26.2 Å². The highest BCUT2D eigenvalue weighted by molar-refractivity contribution is 9.11. The Morgan fingerprint density at radius 1 is 1.65 bits per heavy atom. The first-order chi connectivity index (χ1) is 9.60. The molecule has 0 saturated carbocycles. The molecule has 1 saturated heterocycles. The summed E-state index contributed by atoms with van der Waals surface area (Å²) >= 11 is 3.36. The summed E-state index contributed by atoms with van der Waals surface area (Å²) in [4.78, 5) is 6.91. The van der Waals surface area contributed by atoms with Gasteiger partial charge in [-0.3, -0.25) is 4.68 Å². The number of halogens is 1. The number of aryl methyl sites for hydroxylation is 1. The maximum atomic E-state index is 4.59. The molecule has 0 radical (unpaired) electrons. The second-order valence-corrected chi connectivity index (χ2v) is 6.19. The minimum Gasteiger partial charge on any atom is -0.357 e. The Morgan fingerprint density at radius 2 is 2.45 bits per heavy atom. The van der Waals surface area contributed by atoms with E-state index in [4.69, 9.17) is 0 Å². The largest absolute Gasteiger partial charge is 0.357 e. The van der Waals surface area contributed by atoms with Crippen LogP contribution in [0.3, 0.4) is 0 Å². The summed E-state index contributed by atoms with van der Waals surface area (Å²) in [5.74, 6) is 1.51. The van der Waals surface area contributed by atoms with E-state index in [1.54, 1.807) is 0 Å². The molecule has 110 valence electrons. The van der Waals surface area contributed by atoms with Crippen molar-refractivity contribution >= 4 is 21.9 Å². The molecule has 0 bridgehead atoms. The van der Waals surface area contributed by atoms with Crippen molar-refractivity contribution in [3.63, 3.8) is 0 Å². The topological polar surface area (TPSA) is 45.5 Å². The summed E-state index contributed by atoms with van der Waals surface area (Å²) in [5, 5.41) is 7.61. The molecule has 2 heterocycles. The molecule has 1 aromatic rings. The van der Waals surface area contributed by atoms with Gasteiger partial charge in [0.05, 0.1) is 12.7 Å². The van der Waals surface area contributed by atoms with Crippen LogP contribution >= 0.6 is 15.9 Å². The van der Waals surface area contributed by atoms with E-state index in [-0.39, 0.29) is 0 Å². The predicted octanol–water partition coefficient (Wildman–Crippen LogP) is 2.08. The van der Waals surface area contributed by atoms with Gasteiger partial charge >= 0.3 is 0 Å². The zero-order valence-corrected chi connectivity index (χ0v) is 13.7. The first kappa shape index (κ1) is 15.1. The van der Waals surface area contributed by atoms with Crippen molar-refractivity contribution in [3.8, 4) is 0 Å². The molecule has 5 nitrogen and oxygen atoms in total. The maximum Gasteiger partial charge on any atom is 0.194 e. The van der Waals surface area contributed by atoms with Gasteiger partial charge in [-0.2, -0.15) is 5.10 Å². The Hall–Kier alpha value is -1.30. The van der Waals surface area contributed by atoms with Crippen molar-refractivity contribution in [1.82, 2.24) is 20.0 Å². The smallest absolute Gasteiger partial charge is 0.194 e. The highest BCUT2D eigenvalue weighted by atomic mass is 79.9. The molecule has 0 aliphatic carbocycles. The number of nitrogens with one attached hydrogen (secondary N) is 1. The molecule has 1 fully saturated rings. The fourth-order valence-electron chi connectivity index (χ4n) is 2.46. The SMILES string of the molecule is C=C(Br)CN=C(NCC)N1CCC(c2cnn(C)c2)C1. The van der Waals surface area contributed by atoms with Gasteiger partial charge in [-0.15, -0.1) is 0 Å². The number of rotatable bonds is 4. The summed E-state index contributed by atoms with van der Waals surface area (Å²) in [5.41, 5.74) is 1.32. The molecule has 0 spiro atoms. The number of hydrogen-bond donors (Lipinski definition) is 1. The number of nitrogens with zero attached hydrogens (tertiary/aromatic N) is 4. The number of guanidine groups is 1. The summed E-state index contributed by atoms with van der Waals surface area (Å²) in [6.07, 6.45) is 5.22. The van der Waals surface area contributed by atoms with Gasteiger partial charge in [-0.05, 0) is 18.9 Å². The van der Waals surface area contributed by atoms with Gasteiger partial charge in [0.2, 0.25) is 0 Å². The zero-order chi connectivity index (χ0) is 14.5. The van der Waals surface area contributed by atoms with Gasteiger partial charge < -0.3 is 10.2 Å². The van der Waals surface area contributed by atoms with E-state index in [9.17, 15) is 0 Å². The Morgan fingerprint density at radius 3 is 3.05 bits per heavy atom. The summed E-state index contributed by atoms with van der Waals surface area (Å²) in [6.45, 7) is 9.43. The predicted molar refractivity (Wildman–Crippen MR) is 86.2 cm³/mol. The normalized spacial score (nSPS) is 19.4. The molecule has 20 heavy (non-hydrogen) atoms. The van der Waals surface area contributed by atoms with Crippen LogP contribution in [-0.4, -0.2) is 46.8 Å². The maximum absolute atomic E-state index is 4.59. The molecular weight excluding hydrogens is 318 g/mol. The molecule has 0 aromatic carbocycles. The van der Waals surface area contributed by atoms with E-state index < -0.39 is 0 Å². The molecule has 1 aromatic heterocycles. The minimum absolute atomic E-state index is 0.541. The first-order valence-electron chi connectivity index (χ1n) is 6.95. The average Bonchev–Trinajstić information content (AvgIpc) is 3.02. The lowest BCUT2D eigenvalue weighted by Gasteiger charge is -2.21. The van der Waals surface area contributed by atoms with Crippen LogP contribution < -0.4 is 5.32 Å². The van der Waals surface area contributed by atoms with Crippen LogP contribution in [0, 0.1) is 0 Å². The third-order valence-electron chi connectivity index (χ3n) is 3.42. The average molecular weight is 340 g/mol. The Balaban J connectivity index is 2.01. The summed E-state index contributed by atoms with van der Waals surface area (Å²) in [6, 6.07) is 0. The highest BCUT2D eigenvalue weighted by Gasteiger charge is 2.26. The lowest BCUT2D eigenvalue weighted by molar-refractivity contribution is 0.487. The summed E-state index contributed by atoms with van der Waals surface area (Å²) in [7, 11) is 1.96. The van der Waals surface area contributed by atoms with Crippen molar-refractivity contribution in [3.05, 3.63) is 29.0 Å². The lowest BCUT2D eigenvalue weighted by atomic mass is 10.0. The Bertz CT molecular complexity index is 494. The van der Waals surface area contributed by atoms with Crippen LogP contribution in [0.25, 0.3) is 0 Å². The monoisotopic (exact) mass is 339 g/mol. The molecule has 1 atom stereocenters. The second-order valence-electron chi connectivity index (χ2n) is 5.07. The first-order valence-corrected chi connectivity index (χ1v) is 7.74. The molecule has 1 N–H and O–H groups in total. The Labute approximate surface area is 128 Å². The van der Waals surface area contributed by atoms with E-state index in [0.29, 0.717) is 12.5 Å². The zero-order valence-electron chi connectivity index (χ0n) is 12.1. The van der Waals surface area contributed by atoms with Crippen LogP contribution in [0.1, 0.15) is 24.8 Å². The van der Waals surface area contributed by atoms with Gasteiger partial charge in [0.25, 0.3) is 0 Å². The van der Waals surface area contributed by atoms with Crippen LogP contribution in [-0.2, 0) is 7.05 Å². The quantitative estimate of drug-likeness (QED) is 0.674. The van der Waals surface area contributed by atoms with E-state index in [1.807, 2.05) is 17.9 Å². The van der Waals surface area contributed by atoms with Crippen molar-refractivity contribution in [2.24, 2.45) is 12.0 Å². The fraction of sp³-hybridized carbons (Fsp3) is 0.571. The highest BCUT2D eigenvalue weighted by Crippen LogP contribution is 2.26. The van der Waals surface area contributed by atoms with E-state index in [0.717, 1.165) is 36.5 Å². The number of aliphatic imine (C=N–C) groups is 1. The van der Waals surface area contributed by atoms with Crippen molar-refractivity contribution in [2.45, 2.75) is 19.3 Å². The Kier molecular flexibility index (Phi) is 5.23. The molecule has 1 aliphatic rings. The summed E-state index contributed by atoms with van der Waals surface area (Å²) < 4.78 is 2.77. The van der Waals surface area contributed by atoms with Crippen LogP contribution in [0.5, 0.6) is 0 Å². The van der Waals surface area contributed by atoms with E-state index in [2.05, 4.69) is 55.9 Å². The van der Waals surface area contributed by atoms with Crippen molar-refractivity contribution < 1.29 is 0 Å². The van der Waals surface area contributed by atoms with Crippen molar-refractivity contribution in [1.29, 1.82) is 0 Å². The van der Waals surface area contributed by atoms with Crippen LogP contribution in [0.4, 0.5) is 0 Å². The molecule has 2 rings (SSSR count). The molecule has 1 unspecified atom stereocenters. The van der Waals surface area contributed by atoms with Gasteiger partial charge in [0.15, 0.2) is 5.96 Å². The lowest BCUT2D eigenvalue weighted by Crippen LogP contribution is -2.40. The number of aromatic nitrogens is 2. The number of likely N-dealkylation sites (tertiary alicyclic amines) is 1. The third-order valence-corrected chi connectivity index (χ3v) is 3.67. The molecule has 0 amide bonds. The van der Waals surface area contributed by atoms with Gasteiger partial charge in [-0.25, -0.2) is 4.99 Å². The van der Waals surface area contributed by atoms with E-state index in [1.165, 1.54) is 5.56 Å². The van der Waals surface area contributed by atoms with Crippen LogP contribution in [0.15, 0.2) is 28.4 Å². The third kappa shape index (κ3) is 3.85. The van der Waals surface area contributed by atoms with Gasteiger partial charge in [0, 0.05) is 43.3 Å². The second kappa shape index (κ2) is 6.92. The van der Waals surface area contributed by atoms with Gasteiger partial charge in [0.1, 0.15) is 0 Å². The fourth-order valence-corrected chi connectivity index (χ4v) is 2.59. The number of hydrogen-bond acceptors (Lipinski definition) is 2. The standard InChI is InChI=1S/C14H22BrN5/c1-4-16-14(17-7-11(2)15)20-6-5-12(10-20)13-8-18-19(3)9-13/h8-9,12H,2,4-7,10H2,1,3H3,(H,16,17).